The van der Waals surface area contributed by atoms with Crippen molar-refractivity contribution in [2.24, 2.45) is 0 Å². The van der Waals surface area contributed by atoms with Gasteiger partial charge in [0.15, 0.2) is 0 Å². The highest BCUT2D eigenvalue weighted by Crippen LogP contribution is 2.30. The van der Waals surface area contributed by atoms with Crippen LogP contribution < -0.4 is 0 Å². The molecule has 0 N–H and O–H groups in total. The predicted octanol–water partition coefficient (Wildman–Crippen LogP) is 2.51. The van der Waals surface area contributed by atoms with Gasteiger partial charge < -0.3 is 0 Å². The predicted molar refractivity (Wildman–Crippen MR) is 60.7 cm³/mol. The standard InChI is InChI=1S/C13H10FN3/c14-12-6-9(7-15)3-4-10(12)11-8-16-17-5-1-2-13(11)17/h3-4,6,8H,1-2,5H2. The summed E-state index contributed by atoms with van der Waals surface area (Å²) in [6.07, 6.45) is 3.71. The summed E-state index contributed by atoms with van der Waals surface area (Å²) in [6, 6.07) is 6.50. The van der Waals surface area contributed by atoms with Crippen molar-refractivity contribution in [2.75, 3.05) is 0 Å². The Morgan fingerprint density at radius 2 is 2.24 bits per heavy atom. The number of aryl methyl sites for hydroxylation is 1. The van der Waals surface area contributed by atoms with Crippen LogP contribution in [-0.4, -0.2) is 9.78 Å². The van der Waals surface area contributed by atoms with Crippen molar-refractivity contribution in [2.45, 2.75) is 19.4 Å². The van der Waals surface area contributed by atoms with Gasteiger partial charge >= 0.3 is 0 Å². The van der Waals surface area contributed by atoms with Gasteiger partial charge in [-0.15, -0.1) is 0 Å². The third-order valence-electron chi connectivity index (χ3n) is 3.12. The van der Waals surface area contributed by atoms with E-state index in [1.165, 1.54) is 6.07 Å². The van der Waals surface area contributed by atoms with E-state index in [0.29, 0.717) is 11.1 Å². The lowest BCUT2D eigenvalue weighted by molar-refractivity contribution is 0.630. The number of fused-ring (bicyclic) bond motifs is 1. The highest BCUT2D eigenvalue weighted by atomic mass is 19.1. The molecule has 0 radical (unpaired) electrons. The third-order valence-corrected chi connectivity index (χ3v) is 3.12. The Kier molecular flexibility index (Phi) is 2.19. The molecule has 2 aromatic rings. The molecular formula is C13H10FN3. The Morgan fingerprint density at radius 3 is 3.00 bits per heavy atom. The lowest BCUT2D eigenvalue weighted by Gasteiger charge is -2.03. The van der Waals surface area contributed by atoms with Crippen LogP contribution >= 0.6 is 0 Å². The number of aromatic nitrogens is 2. The van der Waals surface area contributed by atoms with Gasteiger partial charge in [-0.3, -0.25) is 4.68 Å². The van der Waals surface area contributed by atoms with Crippen LogP contribution in [0.25, 0.3) is 11.1 Å². The fourth-order valence-corrected chi connectivity index (χ4v) is 2.29. The first kappa shape index (κ1) is 10.0. The van der Waals surface area contributed by atoms with Gasteiger partial charge in [-0.2, -0.15) is 10.4 Å². The number of hydrogen-bond donors (Lipinski definition) is 0. The molecule has 0 unspecified atom stereocenters. The Labute approximate surface area is 98.1 Å². The second-order valence-corrected chi connectivity index (χ2v) is 4.14. The van der Waals surface area contributed by atoms with E-state index in [1.54, 1.807) is 18.3 Å². The average molecular weight is 227 g/mol. The van der Waals surface area contributed by atoms with Crippen LogP contribution in [0.5, 0.6) is 0 Å². The van der Waals surface area contributed by atoms with Crippen molar-refractivity contribution >= 4 is 0 Å². The summed E-state index contributed by atoms with van der Waals surface area (Å²) in [4.78, 5) is 0. The van der Waals surface area contributed by atoms with E-state index >= 15 is 0 Å². The molecule has 3 rings (SSSR count). The van der Waals surface area contributed by atoms with Crippen molar-refractivity contribution in [3.8, 4) is 17.2 Å². The van der Waals surface area contributed by atoms with Crippen LogP contribution in [0.3, 0.4) is 0 Å². The quantitative estimate of drug-likeness (QED) is 0.751. The number of halogens is 1. The normalized spacial score (nSPS) is 13.4. The molecular weight excluding hydrogens is 217 g/mol. The first-order valence-electron chi connectivity index (χ1n) is 5.54. The van der Waals surface area contributed by atoms with Crippen LogP contribution in [0.15, 0.2) is 24.4 Å². The summed E-state index contributed by atoms with van der Waals surface area (Å²) in [5, 5.41) is 12.9. The van der Waals surface area contributed by atoms with Crippen molar-refractivity contribution in [1.29, 1.82) is 5.26 Å². The van der Waals surface area contributed by atoms with Crippen LogP contribution in [0.4, 0.5) is 4.39 Å². The van der Waals surface area contributed by atoms with Gasteiger partial charge in [-0.1, -0.05) is 0 Å². The fourth-order valence-electron chi connectivity index (χ4n) is 2.29. The third kappa shape index (κ3) is 1.51. The second kappa shape index (κ2) is 3.70. The lowest BCUT2D eigenvalue weighted by atomic mass is 10.0. The number of hydrogen-bond acceptors (Lipinski definition) is 2. The van der Waals surface area contributed by atoms with E-state index < -0.39 is 0 Å². The fraction of sp³-hybridized carbons (Fsp3) is 0.231. The zero-order chi connectivity index (χ0) is 11.8. The molecule has 3 nitrogen and oxygen atoms in total. The Balaban J connectivity index is 2.13. The van der Waals surface area contributed by atoms with Crippen molar-refractivity contribution in [1.82, 2.24) is 9.78 Å². The monoisotopic (exact) mass is 227 g/mol. The van der Waals surface area contributed by atoms with Crippen LogP contribution in [0, 0.1) is 17.1 Å². The van der Waals surface area contributed by atoms with Gasteiger partial charge in [0.05, 0.1) is 17.8 Å². The minimum absolute atomic E-state index is 0.343. The van der Waals surface area contributed by atoms with E-state index in [0.717, 1.165) is 30.6 Å². The minimum Gasteiger partial charge on any atom is -0.269 e. The van der Waals surface area contributed by atoms with Gasteiger partial charge in [-0.05, 0) is 31.0 Å². The van der Waals surface area contributed by atoms with E-state index in [4.69, 9.17) is 5.26 Å². The number of benzene rings is 1. The Morgan fingerprint density at radius 1 is 1.35 bits per heavy atom. The molecule has 0 fully saturated rings. The summed E-state index contributed by atoms with van der Waals surface area (Å²) >= 11 is 0. The minimum atomic E-state index is -0.355. The zero-order valence-corrected chi connectivity index (χ0v) is 9.15. The molecule has 1 aliphatic rings. The van der Waals surface area contributed by atoms with E-state index in [2.05, 4.69) is 5.10 Å². The topological polar surface area (TPSA) is 41.6 Å². The largest absolute Gasteiger partial charge is 0.269 e. The molecule has 0 spiro atoms. The van der Waals surface area contributed by atoms with Crippen LogP contribution in [0.1, 0.15) is 17.7 Å². The van der Waals surface area contributed by atoms with E-state index in [9.17, 15) is 4.39 Å². The molecule has 4 heteroatoms. The van der Waals surface area contributed by atoms with Gasteiger partial charge in [0.2, 0.25) is 0 Å². The molecule has 0 aliphatic carbocycles. The van der Waals surface area contributed by atoms with Gasteiger partial charge in [0, 0.05) is 23.4 Å². The maximum Gasteiger partial charge on any atom is 0.132 e. The number of nitrogens with zero attached hydrogens (tertiary/aromatic N) is 3. The molecule has 1 aromatic heterocycles. The maximum atomic E-state index is 13.9. The molecule has 1 aliphatic heterocycles. The summed E-state index contributed by atoms with van der Waals surface area (Å²) < 4.78 is 15.8. The van der Waals surface area contributed by atoms with Crippen molar-refractivity contribution in [3.63, 3.8) is 0 Å². The smallest absolute Gasteiger partial charge is 0.132 e. The van der Waals surface area contributed by atoms with Crippen LogP contribution in [-0.2, 0) is 13.0 Å². The van der Waals surface area contributed by atoms with Gasteiger partial charge in [0.1, 0.15) is 5.82 Å². The van der Waals surface area contributed by atoms with Crippen LogP contribution in [0.2, 0.25) is 0 Å². The maximum absolute atomic E-state index is 13.9. The van der Waals surface area contributed by atoms with E-state index in [-0.39, 0.29) is 5.82 Å². The highest BCUT2D eigenvalue weighted by Gasteiger charge is 2.19. The molecule has 84 valence electrons. The molecule has 0 amide bonds. The van der Waals surface area contributed by atoms with Gasteiger partial charge in [-0.25, -0.2) is 4.39 Å². The summed E-state index contributed by atoms with van der Waals surface area (Å²) in [7, 11) is 0. The Hall–Kier alpha value is -2.15. The summed E-state index contributed by atoms with van der Waals surface area (Å²) in [6.45, 7) is 0.910. The first-order chi connectivity index (χ1) is 8.29. The van der Waals surface area contributed by atoms with Crippen molar-refractivity contribution < 1.29 is 4.39 Å². The summed E-state index contributed by atoms with van der Waals surface area (Å²) in [5.74, 6) is -0.355. The number of nitriles is 1. The molecule has 0 atom stereocenters. The van der Waals surface area contributed by atoms with E-state index in [1.807, 2.05) is 10.8 Å². The molecule has 0 bridgehead atoms. The zero-order valence-electron chi connectivity index (χ0n) is 9.15. The molecule has 2 heterocycles. The first-order valence-corrected chi connectivity index (χ1v) is 5.54. The molecule has 0 saturated heterocycles. The second-order valence-electron chi connectivity index (χ2n) is 4.14. The average Bonchev–Trinajstić information content (AvgIpc) is 2.91. The lowest BCUT2D eigenvalue weighted by Crippen LogP contribution is -1.94. The SMILES string of the molecule is N#Cc1ccc(-c2cnn3c2CCC3)c(F)c1. The molecule has 0 saturated carbocycles. The molecule has 1 aromatic carbocycles. The van der Waals surface area contributed by atoms with Crippen molar-refractivity contribution in [3.05, 3.63) is 41.5 Å². The summed E-state index contributed by atoms with van der Waals surface area (Å²) in [5.41, 5.74) is 2.82. The highest BCUT2D eigenvalue weighted by molar-refractivity contribution is 5.67. The van der Waals surface area contributed by atoms with Gasteiger partial charge in [0.25, 0.3) is 0 Å². The molecule has 17 heavy (non-hydrogen) atoms. The Bertz CT molecular complexity index is 622. The number of rotatable bonds is 1.